The summed E-state index contributed by atoms with van der Waals surface area (Å²) in [7, 11) is 0. The van der Waals surface area contributed by atoms with Crippen LogP contribution in [0.2, 0.25) is 0 Å². The van der Waals surface area contributed by atoms with Crippen molar-refractivity contribution in [1.29, 1.82) is 0 Å². The molecule has 0 fully saturated rings. The maximum absolute atomic E-state index is 12.4. The molecule has 0 radical (unpaired) electrons. The van der Waals surface area contributed by atoms with Gasteiger partial charge >= 0.3 is 0 Å². The number of ketones is 1. The lowest BCUT2D eigenvalue weighted by molar-refractivity contribution is -0.118. The summed E-state index contributed by atoms with van der Waals surface area (Å²) in [6, 6.07) is 10.9. The molecule has 1 amide bonds. The van der Waals surface area contributed by atoms with Gasteiger partial charge in [-0.15, -0.1) is 0 Å². The van der Waals surface area contributed by atoms with Gasteiger partial charge in [0, 0.05) is 12.0 Å². The second kappa shape index (κ2) is 5.85. The van der Waals surface area contributed by atoms with Crippen molar-refractivity contribution in [3.63, 3.8) is 0 Å². The van der Waals surface area contributed by atoms with Crippen molar-refractivity contribution in [3.8, 4) is 11.5 Å². The highest BCUT2D eigenvalue weighted by Gasteiger charge is 2.17. The van der Waals surface area contributed by atoms with Crippen LogP contribution in [0.25, 0.3) is 6.08 Å². The molecule has 4 rings (SSSR count). The number of allylic oxidation sites excluding steroid dienone is 1. The van der Waals surface area contributed by atoms with Crippen LogP contribution in [0.1, 0.15) is 21.5 Å². The first kappa shape index (κ1) is 14.5. The second-order valence-corrected chi connectivity index (χ2v) is 5.71. The maximum atomic E-state index is 12.4. The molecule has 5 nitrogen and oxygen atoms in total. The largest absolute Gasteiger partial charge is 0.493 e. The maximum Gasteiger partial charge on any atom is 0.262 e. The molecule has 0 aromatic heterocycles. The SMILES string of the molecule is O=C1COc2ccc(C(=O)C=Cc3ccc4c(c3)CCO4)cc2N1. The summed E-state index contributed by atoms with van der Waals surface area (Å²) in [5, 5.41) is 2.70. The van der Waals surface area contributed by atoms with Crippen LogP contribution in [0.15, 0.2) is 42.5 Å². The third kappa shape index (κ3) is 2.76. The molecule has 2 aliphatic heterocycles. The smallest absolute Gasteiger partial charge is 0.262 e. The van der Waals surface area contributed by atoms with Gasteiger partial charge in [-0.2, -0.15) is 0 Å². The van der Waals surface area contributed by atoms with E-state index < -0.39 is 0 Å². The molecule has 0 aliphatic carbocycles. The molecule has 5 heteroatoms. The molecule has 2 aromatic carbocycles. The van der Waals surface area contributed by atoms with Crippen LogP contribution in [-0.4, -0.2) is 24.9 Å². The van der Waals surface area contributed by atoms with Crippen LogP contribution in [0.5, 0.6) is 11.5 Å². The van der Waals surface area contributed by atoms with Crippen LogP contribution in [0.4, 0.5) is 5.69 Å². The van der Waals surface area contributed by atoms with E-state index in [0.717, 1.165) is 17.7 Å². The van der Waals surface area contributed by atoms with Gasteiger partial charge < -0.3 is 14.8 Å². The van der Waals surface area contributed by atoms with E-state index in [1.807, 2.05) is 18.2 Å². The van der Waals surface area contributed by atoms with Crippen molar-refractivity contribution in [1.82, 2.24) is 0 Å². The monoisotopic (exact) mass is 321 g/mol. The molecule has 2 heterocycles. The van der Waals surface area contributed by atoms with E-state index >= 15 is 0 Å². The Bertz CT molecular complexity index is 870. The average molecular weight is 321 g/mol. The molecule has 0 atom stereocenters. The summed E-state index contributed by atoms with van der Waals surface area (Å²) in [6.07, 6.45) is 4.22. The lowest BCUT2D eigenvalue weighted by Crippen LogP contribution is -2.25. The summed E-state index contributed by atoms with van der Waals surface area (Å²) in [5.41, 5.74) is 3.15. The quantitative estimate of drug-likeness (QED) is 0.697. The fraction of sp³-hybridized carbons (Fsp3) is 0.158. The molecular formula is C19H15NO4. The van der Waals surface area contributed by atoms with E-state index in [1.54, 1.807) is 24.3 Å². The van der Waals surface area contributed by atoms with Gasteiger partial charge in [-0.3, -0.25) is 9.59 Å². The zero-order valence-corrected chi connectivity index (χ0v) is 12.9. The Morgan fingerprint density at radius 1 is 1.08 bits per heavy atom. The first-order chi connectivity index (χ1) is 11.7. The van der Waals surface area contributed by atoms with Gasteiger partial charge in [0.2, 0.25) is 0 Å². The summed E-state index contributed by atoms with van der Waals surface area (Å²) in [6.45, 7) is 0.715. The highest BCUT2D eigenvalue weighted by atomic mass is 16.5. The van der Waals surface area contributed by atoms with Crippen molar-refractivity contribution < 1.29 is 19.1 Å². The minimum Gasteiger partial charge on any atom is -0.493 e. The number of fused-ring (bicyclic) bond motifs is 2. The minimum atomic E-state index is -0.219. The Labute approximate surface area is 138 Å². The van der Waals surface area contributed by atoms with Gasteiger partial charge in [0.05, 0.1) is 12.3 Å². The van der Waals surface area contributed by atoms with Crippen molar-refractivity contribution in [3.05, 3.63) is 59.2 Å². The van der Waals surface area contributed by atoms with Crippen LogP contribution in [0.3, 0.4) is 0 Å². The summed E-state index contributed by atoms with van der Waals surface area (Å²) >= 11 is 0. The van der Waals surface area contributed by atoms with Crippen LogP contribution < -0.4 is 14.8 Å². The Kier molecular flexibility index (Phi) is 3.54. The van der Waals surface area contributed by atoms with Gasteiger partial charge in [-0.1, -0.05) is 12.1 Å². The minimum absolute atomic E-state index is 0.00222. The zero-order valence-electron chi connectivity index (χ0n) is 12.9. The van der Waals surface area contributed by atoms with Gasteiger partial charge in [-0.05, 0) is 47.5 Å². The van der Waals surface area contributed by atoms with Gasteiger partial charge in [0.1, 0.15) is 11.5 Å². The van der Waals surface area contributed by atoms with E-state index in [-0.39, 0.29) is 18.3 Å². The standard InChI is InChI=1S/C19H15NO4/c21-16(4-1-12-2-5-17-14(9-12)7-8-23-17)13-3-6-18-15(10-13)20-19(22)11-24-18/h1-6,9-10H,7-8,11H2,(H,20,22). The molecule has 120 valence electrons. The Morgan fingerprint density at radius 3 is 2.88 bits per heavy atom. The third-order valence-corrected chi connectivity index (χ3v) is 4.04. The average Bonchev–Trinajstić information content (AvgIpc) is 3.06. The lowest BCUT2D eigenvalue weighted by atomic mass is 10.1. The summed E-state index contributed by atoms with van der Waals surface area (Å²) < 4.78 is 10.8. The number of carbonyl (C=O) groups is 2. The topological polar surface area (TPSA) is 64.6 Å². The number of ether oxygens (including phenoxy) is 2. The van der Waals surface area contributed by atoms with Crippen LogP contribution in [-0.2, 0) is 11.2 Å². The summed E-state index contributed by atoms with van der Waals surface area (Å²) in [4.78, 5) is 23.7. The van der Waals surface area contributed by atoms with Crippen LogP contribution >= 0.6 is 0 Å². The Balaban J connectivity index is 1.54. The molecule has 2 aromatic rings. The van der Waals surface area contributed by atoms with E-state index in [9.17, 15) is 9.59 Å². The first-order valence-electron chi connectivity index (χ1n) is 7.74. The van der Waals surface area contributed by atoms with E-state index in [1.165, 1.54) is 11.6 Å². The van der Waals surface area contributed by atoms with E-state index in [4.69, 9.17) is 9.47 Å². The van der Waals surface area contributed by atoms with Crippen molar-refractivity contribution in [2.24, 2.45) is 0 Å². The molecule has 0 bridgehead atoms. The second-order valence-electron chi connectivity index (χ2n) is 5.71. The zero-order chi connectivity index (χ0) is 16.5. The number of rotatable bonds is 3. The van der Waals surface area contributed by atoms with Crippen LogP contribution in [0, 0.1) is 0 Å². The van der Waals surface area contributed by atoms with E-state index in [0.29, 0.717) is 23.6 Å². The molecular weight excluding hydrogens is 306 g/mol. The predicted octanol–water partition coefficient (Wildman–Crippen LogP) is 2.85. The number of anilines is 1. The number of amides is 1. The van der Waals surface area contributed by atoms with Crippen molar-refractivity contribution in [2.75, 3.05) is 18.5 Å². The van der Waals surface area contributed by atoms with Crippen molar-refractivity contribution >= 4 is 23.5 Å². The normalized spacial score (nSPS) is 15.2. The summed E-state index contributed by atoms with van der Waals surface area (Å²) in [5.74, 6) is 1.15. The van der Waals surface area contributed by atoms with Gasteiger partial charge in [-0.25, -0.2) is 0 Å². The molecule has 24 heavy (non-hydrogen) atoms. The highest BCUT2D eigenvalue weighted by Crippen LogP contribution is 2.29. The number of carbonyl (C=O) groups excluding carboxylic acids is 2. The van der Waals surface area contributed by atoms with Crippen molar-refractivity contribution in [2.45, 2.75) is 6.42 Å². The Hall–Kier alpha value is -3.08. The number of hydrogen-bond acceptors (Lipinski definition) is 4. The highest BCUT2D eigenvalue weighted by molar-refractivity contribution is 6.08. The number of benzene rings is 2. The Morgan fingerprint density at radius 2 is 1.96 bits per heavy atom. The first-order valence-corrected chi connectivity index (χ1v) is 7.74. The lowest BCUT2D eigenvalue weighted by Gasteiger charge is -2.17. The fourth-order valence-corrected chi connectivity index (χ4v) is 2.81. The molecule has 2 aliphatic rings. The molecule has 0 spiro atoms. The van der Waals surface area contributed by atoms with E-state index in [2.05, 4.69) is 5.32 Å². The number of hydrogen-bond donors (Lipinski definition) is 1. The molecule has 0 saturated heterocycles. The van der Waals surface area contributed by atoms with Gasteiger partial charge in [0.25, 0.3) is 5.91 Å². The van der Waals surface area contributed by atoms with Gasteiger partial charge in [0.15, 0.2) is 12.4 Å². The number of nitrogens with one attached hydrogen (secondary N) is 1. The fourth-order valence-electron chi connectivity index (χ4n) is 2.81. The third-order valence-electron chi connectivity index (χ3n) is 4.04. The predicted molar refractivity (Wildman–Crippen MR) is 89.6 cm³/mol. The molecule has 0 saturated carbocycles. The molecule has 0 unspecified atom stereocenters. The molecule has 1 N–H and O–H groups in total.